The van der Waals surface area contributed by atoms with Crippen LogP contribution in [0.25, 0.3) is 0 Å². The van der Waals surface area contributed by atoms with E-state index >= 15 is 0 Å². The van der Waals surface area contributed by atoms with Crippen LogP contribution in [0, 0.1) is 5.92 Å². The Morgan fingerprint density at radius 1 is 0.933 bits per heavy atom. The van der Waals surface area contributed by atoms with Crippen LogP contribution in [0.2, 0.25) is 0 Å². The SMILES string of the molecule is NC1(C2CCCCC2)CNCCC1c1ccc(C(=O)N2CCN3CCC2CC3)cc1. The number of nitrogens with two attached hydrogens (primary N) is 1. The monoisotopic (exact) mass is 410 g/mol. The van der Waals surface area contributed by atoms with Crippen LogP contribution in [-0.4, -0.2) is 66.6 Å². The molecule has 3 N–H and O–H groups in total. The van der Waals surface area contributed by atoms with Gasteiger partial charge in [-0.1, -0.05) is 31.4 Å². The van der Waals surface area contributed by atoms with Crippen molar-refractivity contribution in [1.29, 1.82) is 0 Å². The van der Waals surface area contributed by atoms with Gasteiger partial charge < -0.3 is 20.9 Å². The minimum absolute atomic E-state index is 0.164. The maximum Gasteiger partial charge on any atom is 0.254 e. The lowest BCUT2D eigenvalue weighted by Crippen LogP contribution is -2.62. The topological polar surface area (TPSA) is 61.6 Å². The fourth-order valence-corrected chi connectivity index (χ4v) is 6.67. The van der Waals surface area contributed by atoms with E-state index in [4.69, 9.17) is 5.73 Å². The van der Waals surface area contributed by atoms with Crippen molar-refractivity contribution in [1.82, 2.24) is 15.1 Å². The molecule has 1 saturated carbocycles. The van der Waals surface area contributed by atoms with Gasteiger partial charge in [-0.2, -0.15) is 0 Å². The maximum atomic E-state index is 13.3. The first-order valence-corrected chi connectivity index (χ1v) is 12.3. The highest BCUT2D eigenvalue weighted by molar-refractivity contribution is 5.94. The third-order valence-electron chi connectivity index (χ3n) is 8.53. The summed E-state index contributed by atoms with van der Waals surface area (Å²) in [6, 6.07) is 8.96. The molecule has 2 atom stereocenters. The molecule has 1 amide bonds. The van der Waals surface area contributed by atoms with Crippen LogP contribution in [0.5, 0.6) is 0 Å². The molecule has 0 aromatic heterocycles. The largest absolute Gasteiger partial charge is 0.334 e. The van der Waals surface area contributed by atoms with E-state index in [1.165, 1.54) is 37.7 Å². The molecule has 5 nitrogen and oxygen atoms in total. The quantitative estimate of drug-likeness (QED) is 0.804. The van der Waals surface area contributed by atoms with Gasteiger partial charge in [-0.15, -0.1) is 0 Å². The Kier molecular flexibility index (Phi) is 5.87. The summed E-state index contributed by atoms with van der Waals surface area (Å²) >= 11 is 0. The number of hydrogen-bond acceptors (Lipinski definition) is 4. The smallest absolute Gasteiger partial charge is 0.254 e. The van der Waals surface area contributed by atoms with Crippen molar-refractivity contribution < 1.29 is 4.79 Å². The van der Waals surface area contributed by atoms with Crippen molar-refractivity contribution in [2.75, 3.05) is 39.3 Å². The lowest BCUT2D eigenvalue weighted by Gasteiger charge is -2.48. The summed E-state index contributed by atoms with van der Waals surface area (Å²) in [7, 11) is 0. The Morgan fingerprint density at radius 3 is 2.40 bits per heavy atom. The number of nitrogens with zero attached hydrogens (tertiary/aromatic N) is 2. The van der Waals surface area contributed by atoms with Gasteiger partial charge in [0.05, 0.1) is 0 Å². The van der Waals surface area contributed by atoms with Gasteiger partial charge in [0.1, 0.15) is 0 Å². The molecular weight excluding hydrogens is 372 g/mol. The lowest BCUT2D eigenvalue weighted by molar-refractivity contribution is 0.0685. The van der Waals surface area contributed by atoms with Crippen molar-refractivity contribution in [2.45, 2.75) is 68.9 Å². The van der Waals surface area contributed by atoms with Gasteiger partial charge in [-0.3, -0.25) is 4.79 Å². The predicted octanol–water partition coefficient (Wildman–Crippen LogP) is 2.96. The zero-order chi connectivity index (χ0) is 20.6. The van der Waals surface area contributed by atoms with Gasteiger partial charge in [0.25, 0.3) is 5.91 Å². The third-order valence-corrected chi connectivity index (χ3v) is 8.53. The molecule has 5 heteroatoms. The van der Waals surface area contributed by atoms with Gasteiger partial charge in [-0.05, 0) is 62.3 Å². The van der Waals surface area contributed by atoms with E-state index in [1.54, 1.807) is 0 Å². The molecular formula is C25H38N4O. The van der Waals surface area contributed by atoms with Crippen molar-refractivity contribution >= 4 is 5.91 Å². The van der Waals surface area contributed by atoms with E-state index in [0.29, 0.717) is 17.9 Å². The molecule has 6 rings (SSSR count). The fourth-order valence-electron chi connectivity index (χ4n) is 6.67. The van der Waals surface area contributed by atoms with Crippen LogP contribution in [-0.2, 0) is 0 Å². The lowest BCUT2D eigenvalue weighted by atomic mass is 9.64. The molecule has 4 heterocycles. The molecule has 4 aliphatic heterocycles. The molecule has 0 radical (unpaired) electrons. The van der Waals surface area contributed by atoms with E-state index in [1.807, 2.05) is 0 Å². The average molecular weight is 411 g/mol. The summed E-state index contributed by atoms with van der Waals surface area (Å²) in [6.07, 6.45) is 9.85. The number of amides is 1. The van der Waals surface area contributed by atoms with Gasteiger partial charge in [-0.25, -0.2) is 0 Å². The maximum absolute atomic E-state index is 13.3. The number of carbonyl (C=O) groups is 1. The van der Waals surface area contributed by atoms with E-state index < -0.39 is 0 Å². The van der Waals surface area contributed by atoms with Crippen molar-refractivity contribution in [3.63, 3.8) is 0 Å². The number of fused-ring (bicyclic) bond motifs is 4. The molecule has 164 valence electrons. The standard InChI is InChI=1S/C25H38N4O/c26-25(21-4-2-1-3-5-21)18-27-13-10-23(25)19-6-8-20(9-7-19)24(30)29-17-16-28-14-11-22(29)12-15-28/h6-9,21-23,27H,1-5,10-18,26H2. The van der Waals surface area contributed by atoms with Gasteiger partial charge >= 0.3 is 0 Å². The van der Waals surface area contributed by atoms with Crippen molar-refractivity contribution in [3.8, 4) is 0 Å². The molecule has 4 saturated heterocycles. The fraction of sp³-hybridized carbons (Fsp3) is 0.720. The number of hydrogen-bond donors (Lipinski definition) is 2. The number of benzene rings is 1. The van der Waals surface area contributed by atoms with Crippen LogP contribution in [0.15, 0.2) is 24.3 Å². The Morgan fingerprint density at radius 2 is 1.67 bits per heavy atom. The minimum atomic E-state index is -0.164. The zero-order valence-electron chi connectivity index (χ0n) is 18.3. The number of carbonyl (C=O) groups excluding carboxylic acids is 1. The second kappa shape index (κ2) is 8.60. The molecule has 0 spiro atoms. The summed E-state index contributed by atoms with van der Waals surface area (Å²) in [5, 5.41) is 3.58. The summed E-state index contributed by atoms with van der Waals surface area (Å²) < 4.78 is 0. The molecule has 1 aromatic rings. The average Bonchev–Trinajstić information content (AvgIpc) is 3.14. The molecule has 5 aliphatic rings. The summed E-state index contributed by atoms with van der Waals surface area (Å²) in [5.41, 5.74) is 9.14. The van der Waals surface area contributed by atoms with Crippen LogP contribution < -0.4 is 11.1 Å². The first-order chi connectivity index (χ1) is 14.6. The van der Waals surface area contributed by atoms with Crippen LogP contribution in [0.4, 0.5) is 0 Å². The number of rotatable bonds is 3. The Hall–Kier alpha value is -1.43. The van der Waals surface area contributed by atoms with Crippen LogP contribution in [0.3, 0.4) is 0 Å². The van der Waals surface area contributed by atoms with Crippen molar-refractivity contribution in [3.05, 3.63) is 35.4 Å². The minimum Gasteiger partial charge on any atom is -0.334 e. The van der Waals surface area contributed by atoms with E-state index in [0.717, 1.165) is 64.1 Å². The Bertz CT molecular complexity index is 736. The first kappa shape index (κ1) is 20.5. The summed E-state index contributed by atoms with van der Waals surface area (Å²) in [5.74, 6) is 1.20. The highest BCUT2D eigenvalue weighted by Crippen LogP contribution is 2.42. The second-order valence-corrected chi connectivity index (χ2v) is 10.2. The summed E-state index contributed by atoms with van der Waals surface area (Å²) in [4.78, 5) is 17.9. The molecule has 1 aliphatic carbocycles. The highest BCUT2D eigenvalue weighted by Gasteiger charge is 2.44. The zero-order valence-corrected chi connectivity index (χ0v) is 18.3. The molecule has 2 bridgehead atoms. The van der Waals surface area contributed by atoms with E-state index in [-0.39, 0.29) is 11.4 Å². The highest BCUT2D eigenvalue weighted by atomic mass is 16.2. The first-order valence-electron chi connectivity index (χ1n) is 12.3. The van der Waals surface area contributed by atoms with E-state index in [2.05, 4.69) is 39.4 Å². The van der Waals surface area contributed by atoms with Crippen LogP contribution >= 0.6 is 0 Å². The van der Waals surface area contributed by atoms with E-state index in [9.17, 15) is 4.79 Å². The Balaban J connectivity index is 1.34. The molecule has 2 unspecified atom stereocenters. The Labute approximate surface area is 181 Å². The molecule has 5 fully saturated rings. The molecule has 30 heavy (non-hydrogen) atoms. The molecule has 1 aromatic carbocycles. The number of nitrogens with one attached hydrogen (secondary N) is 1. The normalized spacial score (nSPS) is 35.2. The predicted molar refractivity (Wildman–Crippen MR) is 121 cm³/mol. The summed E-state index contributed by atoms with van der Waals surface area (Å²) in [6.45, 7) is 6.11. The van der Waals surface area contributed by atoms with Crippen LogP contribution in [0.1, 0.15) is 73.2 Å². The van der Waals surface area contributed by atoms with Crippen molar-refractivity contribution in [2.24, 2.45) is 11.7 Å². The second-order valence-electron chi connectivity index (χ2n) is 10.2. The number of piperidine rings is 2. The third kappa shape index (κ3) is 3.80. The van der Waals surface area contributed by atoms with Gasteiger partial charge in [0.2, 0.25) is 0 Å². The van der Waals surface area contributed by atoms with Gasteiger partial charge in [0.15, 0.2) is 0 Å². The van der Waals surface area contributed by atoms with Gasteiger partial charge in [0, 0.05) is 55.8 Å².